The van der Waals surface area contributed by atoms with Crippen LogP contribution in [0.5, 0.6) is 5.75 Å². The van der Waals surface area contributed by atoms with Crippen LogP contribution >= 0.6 is 11.3 Å². The first kappa shape index (κ1) is 23.2. The number of methoxy groups -OCH3 is 1. The van der Waals surface area contributed by atoms with Crippen LogP contribution in [0.25, 0.3) is 5.69 Å². The van der Waals surface area contributed by atoms with Crippen LogP contribution in [0.15, 0.2) is 77.3 Å². The fraction of sp³-hybridized carbons (Fsp3) is 0.207. The maximum absolute atomic E-state index is 13.8. The van der Waals surface area contributed by atoms with Crippen LogP contribution in [0.4, 0.5) is 5.82 Å². The van der Waals surface area contributed by atoms with Gasteiger partial charge in [-0.1, -0.05) is 30.3 Å². The summed E-state index contributed by atoms with van der Waals surface area (Å²) in [4.78, 5) is 27.0. The maximum Gasteiger partial charge on any atom is 0.337 e. The summed E-state index contributed by atoms with van der Waals surface area (Å²) in [6.45, 7) is 1.91. The van der Waals surface area contributed by atoms with Crippen LogP contribution in [0.1, 0.15) is 56.7 Å². The van der Waals surface area contributed by atoms with Crippen LogP contribution in [0.2, 0.25) is 0 Å². The molecule has 1 aliphatic carbocycles. The Kier molecular flexibility index (Phi) is 5.68. The number of hydrogen-bond acceptors (Lipinski definition) is 6. The van der Waals surface area contributed by atoms with Gasteiger partial charge >= 0.3 is 5.97 Å². The molecule has 0 spiro atoms. The number of aromatic nitrogens is 2. The monoisotopic (exact) mass is 511 g/mol. The molecule has 0 saturated heterocycles. The van der Waals surface area contributed by atoms with Crippen LogP contribution < -0.4 is 10.1 Å². The highest BCUT2D eigenvalue weighted by Gasteiger charge is 2.41. The summed E-state index contributed by atoms with van der Waals surface area (Å²) in [5.41, 5.74) is 4.85. The first-order chi connectivity index (χ1) is 18.0. The Morgan fingerprint density at radius 2 is 1.89 bits per heavy atom. The lowest BCUT2D eigenvalue weighted by Gasteiger charge is -2.35. The van der Waals surface area contributed by atoms with Crippen LogP contribution in [-0.2, 0) is 4.79 Å². The lowest BCUT2D eigenvalue weighted by atomic mass is 9.73. The second kappa shape index (κ2) is 9.05. The molecule has 0 radical (unpaired) electrons. The van der Waals surface area contributed by atoms with Crippen LogP contribution in [-0.4, -0.2) is 33.7 Å². The van der Waals surface area contributed by atoms with E-state index in [1.54, 1.807) is 47.4 Å². The number of rotatable bonds is 5. The summed E-state index contributed by atoms with van der Waals surface area (Å²) < 4.78 is 7.04. The molecule has 6 rings (SSSR count). The van der Waals surface area contributed by atoms with E-state index in [4.69, 9.17) is 9.84 Å². The van der Waals surface area contributed by atoms with E-state index in [-0.39, 0.29) is 23.2 Å². The zero-order valence-electron chi connectivity index (χ0n) is 20.4. The van der Waals surface area contributed by atoms with E-state index in [2.05, 4.69) is 11.4 Å². The predicted molar refractivity (Wildman–Crippen MR) is 142 cm³/mol. The number of carboxylic acid groups (broad SMARTS) is 1. The first-order valence-corrected chi connectivity index (χ1v) is 13.0. The number of Topliss-reactive ketones (excluding diaryl/α,β-unsaturated/α-hetero) is 1. The Balaban J connectivity index is 1.55. The molecule has 1 aliphatic heterocycles. The summed E-state index contributed by atoms with van der Waals surface area (Å²) in [6, 6.07) is 18.7. The Hall–Kier alpha value is -4.17. The smallest absolute Gasteiger partial charge is 0.337 e. The van der Waals surface area contributed by atoms with E-state index in [0.29, 0.717) is 24.3 Å². The number of anilines is 1. The van der Waals surface area contributed by atoms with Gasteiger partial charge in [0.25, 0.3) is 0 Å². The molecule has 2 aliphatic rings. The molecule has 2 unspecified atom stereocenters. The fourth-order valence-corrected chi connectivity index (χ4v) is 6.38. The second-order valence-electron chi connectivity index (χ2n) is 9.35. The Labute approximate surface area is 218 Å². The van der Waals surface area contributed by atoms with Gasteiger partial charge in [0.05, 0.1) is 24.1 Å². The standard InChI is InChI=1S/C29H25N3O4S/c1-16-25-26(17-9-11-19(36-2)12-10-17)27-21(14-18(15-23(27)33)24-8-5-13-37-24)30-28(25)32(31-16)22-7-4-3-6-20(22)29(34)35/h3-13,18,26,30H,14-15H2,1-2H3,(H,34,35). The zero-order chi connectivity index (χ0) is 25.7. The molecule has 37 heavy (non-hydrogen) atoms. The van der Waals surface area contributed by atoms with E-state index >= 15 is 0 Å². The number of carbonyl (C=O) groups excluding carboxylic acids is 1. The summed E-state index contributed by atoms with van der Waals surface area (Å²) in [6.07, 6.45) is 1.15. The van der Waals surface area contributed by atoms with Gasteiger partial charge in [0.2, 0.25) is 0 Å². The van der Waals surface area contributed by atoms with Gasteiger partial charge in [-0.2, -0.15) is 5.10 Å². The number of benzene rings is 2. The van der Waals surface area contributed by atoms with E-state index in [1.807, 2.05) is 42.6 Å². The number of carbonyl (C=O) groups is 2. The van der Waals surface area contributed by atoms with Gasteiger partial charge < -0.3 is 15.2 Å². The molecule has 2 atom stereocenters. The third-order valence-electron chi connectivity index (χ3n) is 7.22. The van der Waals surface area contributed by atoms with E-state index in [0.717, 1.165) is 33.8 Å². The first-order valence-electron chi connectivity index (χ1n) is 12.1. The number of allylic oxidation sites excluding steroid dienone is 2. The third-order valence-corrected chi connectivity index (χ3v) is 8.25. The molecule has 2 aromatic carbocycles. The largest absolute Gasteiger partial charge is 0.497 e. The lowest BCUT2D eigenvalue weighted by molar-refractivity contribution is -0.116. The highest BCUT2D eigenvalue weighted by atomic mass is 32.1. The lowest BCUT2D eigenvalue weighted by Crippen LogP contribution is -2.30. The average molecular weight is 512 g/mol. The van der Waals surface area contributed by atoms with Gasteiger partial charge in [0.15, 0.2) is 5.78 Å². The van der Waals surface area contributed by atoms with Crippen LogP contribution in [0.3, 0.4) is 0 Å². The topological polar surface area (TPSA) is 93.5 Å². The van der Waals surface area contributed by atoms with Crippen molar-refractivity contribution in [1.82, 2.24) is 9.78 Å². The highest BCUT2D eigenvalue weighted by molar-refractivity contribution is 7.10. The number of nitrogens with zero attached hydrogens (tertiary/aromatic N) is 2. The molecule has 186 valence electrons. The number of hydrogen-bond donors (Lipinski definition) is 2. The van der Waals surface area contributed by atoms with Crippen molar-refractivity contribution in [3.63, 3.8) is 0 Å². The molecular formula is C29H25N3O4S. The minimum Gasteiger partial charge on any atom is -0.497 e. The minimum absolute atomic E-state index is 0.0978. The normalized spacial score (nSPS) is 18.7. The number of nitrogens with one attached hydrogen (secondary N) is 1. The average Bonchev–Trinajstić information content (AvgIpc) is 3.56. The molecule has 4 aromatic rings. The Bertz CT molecular complexity index is 1550. The van der Waals surface area contributed by atoms with Gasteiger partial charge in [-0.05, 0) is 54.6 Å². The van der Waals surface area contributed by atoms with Crippen molar-refractivity contribution in [2.45, 2.75) is 31.6 Å². The number of para-hydroxylation sites is 1. The number of aromatic carboxylic acids is 1. The molecule has 0 bridgehead atoms. The molecule has 7 nitrogen and oxygen atoms in total. The molecule has 0 saturated carbocycles. The van der Waals surface area contributed by atoms with Crippen molar-refractivity contribution in [1.29, 1.82) is 0 Å². The fourth-order valence-electron chi connectivity index (χ4n) is 5.54. The maximum atomic E-state index is 13.8. The van der Waals surface area contributed by atoms with Crippen molar-refractivity contribution in [2.75, 3.05) is 12.4 Å². The van der Waals surface area contributed by atoms with E-state index in [9.17, 15) is 14.7 Å². The molecule has 2 aromatic heterocycles. The molecule has 0 fully saturated rings. The zero-order valence-corrected chi connectivity index (χ0v) is 21.2. The van der Waals surface area contributed by atoms with Gasteiger partial charge in [0.1, 0.15) is 11.6 Å². The third kappa shape index (κ3) is 3.84. The number of ether oxygens (including phenoxy) is 1. The Morgan fingerprint density at radius 3 is 2.59 bits per heavy atom. The molecule has 0 amide bonds. The molecule has 8 heteroatoms. The van der Waals surface area contributed by atoms with Gasteiger partial charge in [-0.15, -0.1) is 11.3 Å². The van der Waals surface area contributed by atoms with Crippen LogP contribution in [0, 0.1) is 6.92 Å². The minimum atomic E-state index is -1.02. The molecule has 2 N–H and O–H groups in total. The van der Waals surface area contributed by atoms with Gasteiger partial charge in [0, 0.05) is 40.0 Å². The van der Waals surface area contributed by atoms with Gasteiger partial charge in [-0.25, -0.2) is 9.48 Å². The number of thiophene rings is 1. The summed E-state index contributed by atoms with van der Waals surface area (Å²) >= 11 is 1.67. The summed E-state index contributed by atoms with van der Waals surface area (Å²) in [7, 11) is 1.63. The molecule has 3 heterocycles. The predicted octanol–water partition coefficient (Wildman–Crippen LogP) is 5.91. The van der Waals surface area contributed by atoms with Crippen molar-refractivity contribution < 1.29 is 19.4 Å². The van der Waals surface area contributed by atoms with Crippen molar-refractivity contribution >= 4 is 28.9 Å². The summed E-state index contributed by atoms with van der Waals surface area (Å²) in [5, 5.41) is 20.2. The number of ketones is 1. The van der Waals surface area contributed by atoms with E-state index < -0.39 is 5.97 Å². The summed E-state index contributed by atoms with van der Waals surface area (Å²) in [5.74, 6) is 0.315. The Morgan fingerprint density at radius 1 is 1.11 bits per heavy atom. The van der Waals surface area contributed by atoms with Crippen molar-refractivity contribution in [3.05, 3.63) is 105 Å². The number of fused-ring (bicyclic) bond motifs is 1. The quantitative estimate of drug-likeness (QED) is 0.346. The van der Waals surface area contributed by atoms with Crippen molar-refractivity contribution in [3.8, 4) is 11.4 Å². The SMILES string of the molecule is COc1ccc(C2C3=C(CC(c4cccs4)CC3=O)Nc3c2c(C)nn3-c2ccccc2C(=O)O)cc1. The number of aryl methyl sites for hydroxylation is 1. The highest BCUT2D eigenvalue weighted by Crippen LogP contribution is 2.50. The van der Waals surface area contributed by atoms with Gasteiger partial charge in [-0.3, -0.25) is 4.79 Å². The van der Waals surface area contributed by atoms with Crippen molar-refractivity contribution in [2.24, 2.45) is 0 Å². The second-order valence-corrected chi connectivity index (χ2v) is 10.3. The molecular weight excluding hydrogens is 486 g/mol. The van der Waals surface area contributed by atoms with E-state index in [1.165, 1.54) is 4.88 Å². The number of carboxylic acids is 1.